The minimum Gasteiger partial charge on any atom is -0.366 e. The second-order valence-electron chi connectivity index (χ2n) is 8.64. The van der Waals surface area contributed by atoms with Gasteiger partial charge in [0.05, 0.1) is 11.1 Å². The Morgan fingerprint density at radius 3 is 2.55 bits per heavy atom. The maximum Gasteiger partial charge on any atom is 0.262 e. The largest absolute Gasteiger partial charge is 0.366 e. The third kappa shape index (κ3) is 4.00. The zero-order valence-corrected chi connectivity index (χ0v) is 18.1. The van der Waals surface area contributed by atoms with Crippen molar-refractivity contribution in [2.75, 3.05) is 18.4 Å². The third-order valence-corrected chi connectivity index (χ3v) is 6.61. The molecule has 170 valence electrons. The fourth-order valence-corrected chi connectivity index (χ4v) is 4.82. The van der Waals surface area contributed by atoms with Crippen LogP contribution in [0.3, 0.4) is 0 Å². The van der Waals surface area contributed by atoms with E-state index in [4.69, 9.17) is 0 Å². The van der Waals surface area contributed by atoms with Crippen molar-refractivity contribution in [1.82, 2.24) is 20.5 Å². The quantitative estimate of drug-likeness (QED) is 0.595. The summed E-state index contributed by atoms with van der Waals surface area (Å²) >= 11 is 0. The van der Waals surface area contributed by atoms with Gasteiger partial charge in [0, 0.05) is 19.2 Å². The lowest BCUT2D eigenvalue weighted by Gasteiger charge is -2.27. The number of aromatic nitrogens is 1. The lowest BCUT2D eigenvalue weighted by atomic mass is 9.91. The number of carbonyl (C=O) groups is 4. The number of benzene rings is 1. The average molecular weight is 447 g/mol. The summed E-state index contributed by atoms with van der Waals surface area (Å²) in [6, 6.07) is 8.15. The summed E-state index contributed by atoms with van der Waals surface area (Å²) in [7, 11) is 0. The number of hydrogen-bond donors (Lipinski definition) is 3. The van der Waals surface area contributed by atoms with Crippen LogP contribution in [-0.4, -0.2) is 52.6 Å². The molecule has 2 saturated heterocycles. The number of fused-ring (bicyclic) bond motifs is 1. The summed E-state index contributed by atoms with van der Waals surface area (Å²) in [5, 5.41) is 8.82. The molecule has 0 spiro atoms. The summed E-state index contributed by atoms with van der Waals surface area (Å²) < 4.78 is 0. The Kier molecular flexibility index (Phi) is 5.63. The van der Waals surface area contributed by atoms with Gasteiger partial charge in [-0.25, -0.2) is 4.98 Å². The van der Waals surface area contributed by atoms with E-state index in [9.17, 15) is 19.2 Å². The summed E-state index contributed by atoms with van der Waals surface area (Å²) in [5.41, 5.74) is 2.46. The molecule has 0 saturated carbocycles. The first-order chi connectivity index (χ1) is 16.0. The highest BCUT2D eigenvalue weighted by molar-refractivity contribution is 6.24. The highest BCUT2D eigenvalue weighted by Gasteiger charge is 2.45. The average Bonchev–Trinajstić information content (AvgIpc) is 3.09. The van der Waals surface area contributed by atoms with Gasteiger partial charge in [0.1, 0.15) is 11.9 Å². The second-order valence-corrected chi connectivity index (χ2v) is 8.64. The van der Waals surface area contributed by atoms with Crippen molar-refractivity contribution in [3.63, 3.8) is 0 Å². The maximum absolute atomic E-state index is 13.2. The van der Waals surface area contributed by atoms with E-state index in [0.29, 0.717) is 29.4 Å². The van der Waals surface area contributed by atoms with Gasteiger partial charge in [-0.15, -0.1) is 0 Å². The number of nitrogens with one attached hydrogen (secondary N) is 3. The number of amides is 4. The van der Waals surface area contributed by atoms with Crippen LogP contribution >= 0.6 is 0 Å². The number of rotatable bonds is 5. The standard InChI is InChI=1S/C24H25N5O4/c30-20-7-5-18(22(31)28-20)29-23(32)17-3-1-2-16(21(17)24(29)33)13-27-19-6-4-15(12-26-19)14-8-10-25-11-9-14/h1-4,6,12,14,18,25H,5,7-11,13H2,(H,26,27)(H,28,30,31). The van der Waals surface area contributed by atoms with E-state index in [1.165, 1.54) is 5.56 Å². The first kappa shape index (κ1) is 21.3. The Labute approximate surface area is 190 Å². The Balaban J connectivity index is 1.31. The predicted octanol–water partition coefficient (Wildman–Crippen LogP) is 1.56. The Morgan fingerprint density at radius 2 is 1.82 bits per heavy atom. The van der Waals surface area contributed by atoms with Crippen molar-refractivity contribution in [3.8, 4) is 0 Å². The molecular weight excluding hydrogens is 422 g/mol. The molecule has 5 rings (SSSR count). The van der Waals surface area contributed by atoms with Crippen LogP contribution in [0.15, 0.2) is 36.5 Å². The fourth-order valence-electron chi connectivity index (χ4n) is 4.82. The van der Waals surface area contributed by atoms with Crippen LogP contribution in [0.25, 0.3) is 0 Å². The summed E-state index contributed by atoms with van der Waals surface area (Å²) in [5.74, 6) is -0.807. The SMILES string of the molecule is O=C1CCC(N2C(=O)c3cccc(CNc4ccc(C5CCNCC5)cn4)c3C2=O)C(=O)N1. The van der Waals surface area contributed by atoms with Crippen molar-refractivity contribution in [1.29, 1.82) is 0 Å². The van der Waals surface area contributed by atoms with Gasteiger partial charge in [-0.3, -0.25) is 29.4 Å². The van der Waals surface area contributed by atoms with Crippen LogP contribution in [0.4, 0.5) is 5.82 Å². The monoisotopic (exact) mass is 447 g/mol. The van der Waals surface area contributed by atoms with Gasteiger partial charge in [-0.05, 0) is 61.5 Å². The predicted molar refractivity (Wildman–Crippen MR) is 120 cm³/mol. The van der Waals surface area contributed by atoms with Crippen molar-refractivity contribution in [2.45, 2.75) is 44.2 Å². The van der Waals surface area contributed by atoms with Crippen molar-refractivity contribution in [2.24, 2.45) is 0 Å². The number of nitrogens with zero attached hydrogens (tertiary/aromatic N) is 2. The maximum atomic E-state index is 13.2. The Hall–Kier alpha value is -3.59. The lowest BCUT2D eigenvalue weighted by Crippen LogP contribution is -2.54. The van der Waals surface area contributed by atoms with Crippen LogP contribution in [0, 0.1) is 0 Å². The van der Waals surface area contributed by atoms with E-state index in [0.717, 1.165) is 30.8 Å². The molecular formula is C24H25N5O4. The van der Waals surface area contributed by atoms with E-state index >= 15 is 0 Å². The van der Waals surface area contributed by atoms with Gasteiger partial charge in [0.25, 0.3) is 11.8 Å². The van der Waals surface area contributed by atoms with Crippen LogP contribution in [0.5, 0.6) is 0 Å². The number of imide groups is 2. The Bertz CT molecular complexity index is 1120. The number of hydrogen-bond acceptors (Lipinski definition) is 7. The molecule has 2 aromatic rings. The zero-order chi connectivity index (χ0) is 22.9. The smallest absolute Gasteiger partial charge is 0.262 e. The summed E-state index contributed by atoms with van der Waals surface area (Å²) in [6.07, 6.45) is 4.33. The molecule has 4 heterocycles. The molecule has 0 radical (unpaired) electrons. The first-order valence-electron chi connectivity index (χ1n) is 11.3. The number of anilines is 1. The molecule has 1 unspecified atom stereocenters. The molecule has 2 fully saturated rings. The first-order valence-corrected chi connectivity index (χ1v) is 11.3. The highest BCUT2D eigenvalue weighted by atomic mass is 16.2. The normalized spacial score (nSPS) is 21.2. The number of carbonyl (C=O) groups excluding carboxylic acids is 4. The van der Waals surface area contributed by atoms with Crippen molar-refractivity contribution in [3.05, 3.63) is 58.8 Å². The van der Waals surface area contributed by atoms with Crippen molar-refractivity contribution >= 4 is 29.4 Å². The molecule has 4 amide bonds. The molecule has 9 heteroatoms. The van der Waals surface area contributed by atoms with Gasteiger partial charge >= 0.3 is 0 Å². The van der Waals surface area contributed by atoms with Gasteiger partial charge in [-0.2, -0.15) is 0 Å². The minimum atomic E-state index is -0.972. The molecule has 1 atom stereocenters. The van der Waals surface area contributed by atoms with E-state index in [1.807, 2.05) is 12.3 Å². The molecule has 3 N–H and O–H groups in total. The van der Waals surface area contributed by atoms with E-state index in [1.54, 1.807) is 18.2 Å². The molecule has 1 aromatic heterocycles. The molecule has 3 aliphatic rings. The molecule has 0 aliphatic carbocycles. The summed E-state index contributed by atoms with van der Waals surface area (Å²) in [4.78, 5) is 55.4. The van der Waals surface area contributed by atoms with Gasteiger partial charge in [0.15, 0.2) is 0 Å². The Morgan fingerprint density at radius 1 is 1.00 bits per heavy atom. The van der Waals surface area contributed by atoms with Crippen LogP contribution < -0.4 is 16.0 Å². The third-order valence-electron chi connectivity index (χ3n) is 6.61. The van der Waals surface area contributed by atoms with Crippen LogP contribution in [-0.2, 0) is 16.1 Å². The molecule has 33 heavy (non-hydrogen) atoms. The van der Waals surface area contributed by atoms with Crippen LogP contribution in [0.2, 0.25) is 0 Å². The topological polar surface area (TPSA) is 120 Å². The van der Waals surface area contributed by atoms with Crippen LogP contribution in [0.1, 0.15) is 63.4 Å². The molecule has 0 bridgehead atoms. The van der Waals surface area contributed by atoms with E-state index in [-0.39, 0.29) is 18.4 Å². The fraction of sp³-hybridized carbons (Fsp3) is 0.375. The molecule has 1 aromatic carbocycles. The highest BCUT2D eigenvalue weighted by Crippen LogP contribution is 2.30. The van der Waals surface area contributed by atoms with E-state index < -0.39 is 29.7 Å². The van der Waals surface area contributed by atoms with Gasteiger partial charge < -0.3 is 10.6 Å². The summed E-state index contributed by atoms with van der Waals surface area (Å²) in [6.45, 7) is 2.35. The molecule has 9 nitrogen and oxygen atoms in total. The van der Waals surface area contributed by atoms with E-state index in [2.05, 4.69) is 27.0 Å². The van der Waals surface area contributed by atoms with Crippen molar-refractivity contribution < 1.29 is 19.2 Å². The second kappa shape index (κ2) is 8.74. The lowest BCUT2D eigenvalue weighted by molar-refractivity contribution is -0.136. The van der Waals surface area contributed by atoms with Gasteiger partial charge in [0.2, 0.25) is 11.8 Å². The minimum absolute atomic E-state index is 0.0945. The number of pyridine rings is 1. The van der Waals surface area contributed by atoms with Gasteiger partial charge in [-0.1, -0.05) is 18.2 Å². The zero-order valence-electron chi connectivity index (χ0n) is 18.1. The number of piperidine rings is 2. The molecule has 3 aliphatic heterocycles.